The van der Waals surface area contributed by atoms with Gasteiger partial charge in [-0.25, -0.2) is 0 Å². The molecule has 0 atom stereocenters. The highest BCUT2D eigenvalue weighted by molar-refractivity contribution is 5.78. The average Bonchev–Trinajstić information content (AvgIpc) is 2.97. The largest absolute Gasteiger partial charge is 0.493 e. The van der Waals surface area contributed by atoms with Crippen LogP contribution in [-0.2, 0) is 17.8 Å². The molecule has 1 aromatic heterocycles. The maximum atomic E-state index is 11.8. The first-order chi connectivity index (χ1) is 9.72. The molecule has 20 heavy (non-hydrogen) atoms. The van der Waals surface area contributed by atoms with Gasteiger partial charge >= 0.3 is 0 Å². The number of aromatic amines is 1. The lowest BCUT2D eigenvalue weighted by atomic mass is 10.2. The lowest BCUT2D eigenvalue weighted by Crippen LogP contribution is -2.24. The fraction of sp³-hybridized carbons (Fsp3) is 0.267. The normalized spacial score (nSPS) is 10.1. The molecule has 1 heterocycles. The summed E-state index contributed by atoms with van der Waals surface area (Å²) in [6, 6.07) is 7.47. The first-order valence-corrected chi connectivity index (χ1v) is 6.32. The van der Waals surface area contributed by atoms with Crippen LogP contribution >= 0.6 is 0 Å². The number of aromatic nitrogens is 1. The van der Waals surface area contributed by atoms with Crippen LogP contribution in [0, 0.1) is 0 Å². The van der Waals surface area contributed by atoms with Gasteiger partial charge in [-0.3, -0.25) is 4.79 Å². The maximum absolute atomic E-state index is 11.8. The highest BCUT2D eigenvalue weighted by atomic mass is 16.5. The number of methoxy groups -OCH3 is 2. The standard InChI is InChI=1S/C15H18N2O3/c1-19-13-4-3-11(7-14(13)20-2)10-17-15(18)8-12-5-6-16-9-12/h3-7,9,16H,8,10H2,1-2H3,(H,17,18). The Morgan fingerprint density at radius 3 is 2.60 bits per heavy atom. The number of carbonyl (C=O) groups excluding carboxylic acids is 1. The van der Waals surface area contributed by atoms with E-state index in [1.54, 1.807) is 20.4 Å². The topological polar surface area (TPSA) is 63.3 Å². The van der Waals surface area contributed by atoms with Crippen LogP contribution in [0.5, 0.6) is 11.5 Å². The van der Waals surface area contributed by atoms with Crippen LogP contribution in [0.15, 0.2) is 36.7 Å². The van der Waals surface area contributed by atoms with Crippen molar-refractivity contribution in [2.24, 2.45) is 0 Å². The Bertz CT molecular complexity index is 565. The number of rotatable bonds is 6. The molecule has 0 radical (unpaired) electrons. The van der Waals surface area contributed by atoms with Gasteiger partial charge in [-0.1, -0.05) is 6.07 Å². The molecule has 0 aliphatic carbocycles. The summed E-state index contributed by atoms with van der Waals surface area (Å²) in [5, 5.41) is 2.88. The summed E-state index contributed by atoms with van der Waals surface area (Å²) >= 11 is 0. The van der Waals surface area contributed by atoms with Gasteiger partial charge in [0.25, 0.3) is 0 Å². The van der Waals surface area contributed by atoms with E-state index >= 15 is 0 Å². The van der Waals surface area contributed by atoms with Crippen molar-refractivity contribution in [3.05, 3.63) is 47.8 Å². The van der Waals surface area contributed by atoms with E-state index in [4.69, 9.17) is 9.47 Å². The van der Waals surface area contributed by atoms with Gasteiger partial charge in [0.1, 0.15) is 0 Å². The summed E-state index contributed by atoms with van der Waals surface area (Å²) in [4.78, 5) is 14.7. The predicted octanol–water partition coefficient (Wildman–Crippen LogP) is 1.89. The van der Waals surface area contributed by atoms with Crippen molar-refractivity contribution < 1.29 is 14.3 Å². The average molecular weight is 274 g/mol. The van der Waals surface area contributed by atoms with E-state index < -0.39 is 0 Å². The molecular weight excluding hydrogens is 256 g/mol. The predicted molar refractivity (Wildman–Crippen MR) is 75.9 cm³/mol. The number of amides is 1. The van der Waals surface area contributed by atoms with E-state index in [9.17, 15) is 4.79 Å². The number of H-pyrrole nitrogens is 1. The number of hydrogen-bond donors (Lipinski definition) is 2. The molecule has 1 aromatic carbocycles. The molecule has 5 heteroatoms. The SMILES string of the molecule is COc1ccc(CNC(=O)Cc2cc[nH]c2)cc1OC. The Morgan fingerprint density at radius 1 is 1.15 bits per heavy atom. The summed E-state index contributed by atoms with van der Waals surface area (Å²) in [6.45, 7) is 0.462. The van der Waals surface area contributed by atoms with Crippen LogP contribution in [0.25, 0.3) is 0 Å². The highest BCUT2D eigenvalue weighted by Gasteiger charge is 2.07. The highest BCUT2D eigenvalue weighted by Crippen LogP contribution is 2.27. The number of nitrogens with one attached hydrogen (secondary N) is 2. The van der Waals surface area contributed by atoms with E-state index in [1.807, 2.05) is 30.5 Å². The van der Waals surface area contributed by atoms with Crippen molar-refractivity contribution in [1.29, 1.82) is 0 Å². The number of carbonyl (C=O) groups is 1. The molecule has 0 aliphatic rings. The molecule has 0 aliphatic heterocycles. The monoisotopic (exact) mass is 274 g/mol. The van der Waals surface area contributed by atoms with Crippen LogP contribution in [0.3, 0.4) is 0 Å². The zero-order valence-electron chi connectivity index (χ0n) is 11.6. The third-order valence-electron chi connectivity index (χ3n) is 2.96. The summed E-state index contributed by atoms with van der Waals surface area (Å²) in [5.74, 6) is 1.32. The van der Waals surface area contributed by atoms with Crippen LogP contribution in [0.2, 0.25) is 0 Å². The van der Waals surface area contributed by atoms with E-state index in [0.717, 1.165) is 11.1 Å². The minimum Gasteiger partial charge on any atom is -0.493 e. The molecule has 5 nitrogen and oxygen atoms in total. The molecular formula is C15H18N2O3. The lowest BCUT2D eigenvalue weighted by Gasteiger charge is -2.10. The third kappa shape index (κ3) is 3.54. The molecule has 2 rings (SSSR count). The number of hydrogen-bond acceptors (Lipinski definition) is 3. The Hall–Kier alpha value is -2.43. The summed E-state index contributed by atoms with van der Waals surface area (Å²) in [6.07, 6.45) is 3.99. The molecule has 1 amide bonds. The van der Waals surface area contributed by atoms with E-state index in [2.05, 4.69) is 10.3 Å². The smallest absolute Gasteiger partial charge is 0.224 e. The van der Waals surface area contributed by atoms with E-state index in [0.29, 0.717) is 24.5 Å². The van der Waals surface area contributed by atoms with Gasteiger partial charge in [0.2, 0.25) is 5.91 Å². The summed E-state index contributed by atoms with van der Waals surface area (Å²) < 4.78 is 10.4. The second-order valence-electron chi connectivity index (χ2n) is 4.36. The van der Waals surface area contributed by atoms with Crippen LogP contribution in [0.4, 0.5) is 0 Å². The second-order valence-corrected chi connectivity index (χ2v) is 4.36. The Balaban J connectivity index is 1.92. The van der Waals surface area contributed by atoms with Crippen LogP contribution in [0.1, 0.15) is 11.1 Å². The molecule has 2 aromatic rings. The fourth-order valence-corrected chi connectivity index (χ4v) is 1.91. The molecule has 0 unspecified atom stereocenters. The van der Waals surface area contributed by atoms with Crippen molar-refractivity contribution >= 4 is 5.91 Å². The Labute approximate surface area is 117 Å². The molecule has 106 valence electrons. The molecule has 0 spiro atoms. The van der Waals surface area contributed by atoms with Gasteiger partial charge in [0.15, 0.2) is 11.5 Å². The van der Waals surface area contributed by atoms with Crippen LogP contribution in [-0.4, -0.2) is 25.1 Å². The summed E-state index contributed by atoms with van der Waals surface area (Å²) in [5.41, 5.74) is 1.93. The van der Waals surface area contributed by atoms with Crippen molar-refractivity contribution in [3.8, 4) is 11.5 Å². The molecule has 2 N–H and O–H groups in total. The number of ether oxygens (including phenoxy) is 2. The molecule has 0 saturated heterocycles. The molecule has 0 saturated carbocycles. The second kappa shape index (κ2) is 6.65. The Morgan fingerprint density at radius 2 is 1.95 bits per heavy atom. The number of benzene rings is 1. The van der Waals surface area contributed by atoms with Gasteiger partial charge < -0.3 is 19.8 Å². The maximum Gasteiger partial charge on any atom is 0.224 e. The van der Waals surface area contributed by atoms with Gasteiger partial charge in [-0.05, 0) is 29.3 Å². The first-order valence-electron chi connectivity index (χ1n) is 6.32. The van der Waals surface area contributed by atoms with Gasteiger partial charge in [0.05, 0.1) is 20.6 Å². The quantitative estimate of drug-likeness (QED) is 0.845. The van der Waals surface area contributed by atoms with E-state index in [1.165, 1.54) is 0 Å². The zero-order chi connectivity index (χ0) is 14.4. The minimum atomic E-state index is -0.0145. The Kier molecular flexibility index (Phi) is 4.65. The summed E-state index contributed by atoms with van der Waals surface area (Å²) in [7, 11) is 3.18. The third-order valence-corrected chi connectivity index (χ3v) is 2.96. The van der Waals surface area contributed by atoms with Gasteiger partial charge in [-0.2, -0.15) is 0 Å². The molecule has 0 fully saturated rings. The minimum absolute atomic E-state index is 0.0145. The lowest BCUT2D eigenvalue weighted by molar-refractivity contribution is -0.120. The van der Waals surface area contributed by atoms with Gasteiger partial charge in [-0.15, -0.1) is 0 Å². The van der Waals surface area contributed by atoms with Crippen LogP contribution < -0.4 is 14.8 Å². The first kappa shape index (κ1) is 14.0. The fourth-order valence-electron chi connectivity index (χ4n) is 1.91. The zero-order valence-corrected chi connectivity index (χ0v) is 11.6. The van der Waals surface area contributed by atoms with Crippen molar-refractivity contribution in [2.75, 3.05) is 14.2 Å². The van der Waals surface area contributed by atoms with E-state index in [-0.39, 0.29) is 5.91 Å². The van der Waals surface area contributed by atoms with Crippen molar-refractivity contribution in [3.63, 3.8) is 0 Å². The van der Waals surface area contributed by atoms with Gasteiger partial charge in [0, 0.05) is 18.9 Å². The van der Waals surface area contributed by atoms with Crippen molar-refractivity contribution in [2.45, 2.75) is 13.0 Å². The van der Waals surface area contributed by atoms with Crippen molar-refractivity contribution in [1.82, 2.24) is 10.3 Å². The molecule has 0 bridgehead atoms.